The predicted molar refractivity (Wildman–Crippen MR) is 109 cm³/mol. The summed E-state index contributed by atoms with van der Waals surface area (Å²) in [5, 5.41) is 0. The Morgan fingerprint density at radius 2 is 1.75 bits per heavy atom. The highest BCUT2D eigenvalue weighted by Gasteiger charge is 2.30. The lowest BCUT2D eigenvalue weighted by atomic mass is 10.2. The monoisotopic (exact) mass is 473 g/mol. The number of aromatic nitrogens is 3. The summed E-state index contributed by atoms with van der Waals surface area (Å²) >= 11 is 0. The van der Waals surface area contributed by atoms with Crippen molar-refractivity contribution in [3.8, 4) is 5.75 Å². The minimum Gasteiger partial charge on any atom is -0.483 e. The van der Waals surface area contributed by atoms with Crippen molar-refractivity contribution in [3.63, 3.8) is 0 Å². The Labute approximate surface area is 183 Å². The number of nitrogens with zero attached hydrogens (tertiary/aromatic N) is 5. The Morgan fingerprint density at radius 1 is 1.06 bits per heavy atom. The average Bonchev–Trinajstić information content (AvgIpc) is 2.77. The Hall–Kier alpha value is -2.80. The molecule has 1 aliphatic heterocycles. The summed E-state index contributed by atoms with van der Waals surface area (Å²) in [5.41, 5.74) is 0. The minimum atomic E-state index is -4.43. The Kier molecular flexibility index (Phi) is 7.61. The Balaban J connectivity index is 1.47. The van der Waals surface area contributed by atoms with Gasteiger partial charge in [0.15, 0.2) is 6.61 Å². The second-order valence-electron chi connectivity index (χ2n) is 7.10. The van der Waals surface area contributed by atoms with Crippen LogP contribution < -0.4 is 9.64 Å². The fourth-order valence-corrected chi connectivity index (χ4v) is 4.54. The predicted octanol–water partition coefficient (Wildman–Crippen LogP) is 1.47. The van der Waals surface area contributed by atoms with Gasteiger partial charge in [0.2, 0.25) is 10.0 Å². The molecule has 2 aromatic heterocycles. The second-order valence-corrected chi connectivity index (χ2v) is 9.07. The highest BCUT2D eigenvalue weighted by atomic mass is 32.2. The van der Waals surface area contributed by atoms with Crippen LogP contribution in [0.25, 0.3) is 0 Å². The largest absolute Gasteiger partial charge is 0.483 e. The average molecular weight is 473 g/mol. The summed E-state index contributed by atoms with van der Waals surface area (Å²) < 4.78 is 67.7. The molecule has 0 bridgehead atoms. The van der Waals surface area contributed by atoms with Crippen molar-refractivity contribution in [3.05, 3.63) is 42.6 Å². The van der Waals surface area contributed by atoms with Gasteiger partial charge < -0.3 is 9.64 Å². The van der Waals surface area contributed by atoms with E-state index in [1.54, 1.807) is 18.5 Å². The van der Waals surface area contributed by atoms with E-state index >= 15 is 0 Å². The molecule has 13 heteroatoms. The van der Waals surface area contributed by atoms with E-state index in [9.17, 15) is 26.4 Å². The van der Waals surface area contributed by atoms with Crippen LogP contribution >= 0.6 is 0 Å². The van der Waals surface area contributed by atoms with Crippen LogP contribution in [-0.2, 0) is 21.2 Å². The van der Waals surface area contributed by atoms with Gasteiger partial charge in [-0.2, -0.15) is 17.5 Å². The van der Waals surface area contributed by atoms with Crippen LogP contribution in [0.4, 0.5) is 19.0 Å². The summed E-state index contributed by atoms with van der Waals surface area (Å²) in [7, 11) is -3.75. The third kappa shape index (κ3) is 7.12. The number of hydrogen-bond donors (Lipinski definition) is 0. The van der Waals surface area contributed by atoms with Crippen molar-refractivity contribution in [2.24, 2.45) is 0 Å². The number of piperazine rings is 1. The lowest BCUT2D eigenvalue weighted by Crippen LogP contribution is -2.50. The first-order valence-electron chi connectivity index (χ1n) is 9.78. The number of sulfonamides is 1. The van der Waals surface area contributed by atoms with Gasteiger partial charge in [0, 0.05) is 51.4 Å². The maximum absolute atomic E-state index is 12.6. The zero-order chi connectivity index (χ0) is 23.2. The van der Waals surface area contributed by atoms with E-state index < -0.39 is 34.3 Å². The molecule has 2 aromatic rings. The van der Waals surface area contributed by atoms with E-state index in [2.05, 4.69) is 19.7 Å². The molecule has 1 aliphatic rings. The topological polar surface area (TPSA) is 106 Å². The number of anilines is 1. The van der Waals surface area contributed by atoms with Crippen LogP contribution in [0, 0.1) is 0 Å². The fraction of sp³-hybridized carbons (Fsp3) is 0.474. The molecule has 0 unspecified atom stereocenters. The number of hydrogen-bond acceptors (Lipinski definition) is 8. The van der Waals surface area contributed by atoms with E-state index in [0.717, 1.165) is 0 Å². The van der Waals surface area contributed by atoms with Crippen LogP contribution in [-0.4, -0.2) is 78.2 Å². The molecule has 0 N–H and O–H groups in total. The molecule has 3 heterocycles. The first-order valence-corrected chi connectivity index (χ1v) is 11.4. The highest BCUT2D eigenvalue weighted by Crippen LogP contribution is 2.21. The van der Waals surface area contributed by atoms with Crippen molar-refractivity contribution in [2.45, 2.75) is 19.0 Å². The first kappa shape index (κ1) is 23.9. The van der Waals surface area contributed by atoms with Gasteiger partial charge in [-0.05, 0) is 18.2 Å². The molecule has 1 fully saturated rings. The Bertz CT molecular complexity index is 996. The molecular weight excluding hydrogens is 451 g/mol. The molecular formula is C19H22F3N5O4S. The zero-order valence-electron chi connectivity index (χ0n) is 17.0. The van der Waals surface area contributed by atoms with E-state index in [-0.39, 0.29) is 31.7 Å². The number of Topliss-reactive ketones (excluding diaryl/α,β-unsaturated/α-hetero) is 1. The van der Waals surface area contributed by atoms with Gasteiger partial charge in [0.25, 0.3) is 0 Å². The zero-order valence-corrected chi connectivity index (χ0v) is 17.8. The third-order valence-corrected chi connectivity index (χ3v) is 6.51. The normalized spacial score (nSPS) is 15.5. The van der Waals surface area contributed by atoms with Gasteiger partial charge >= 0.3 is 6.18 Å². The number of carbonyl (C=O) groups excluding carboxylic acids is 1. The number of pyridine rings is 1. The summed E-state index contributed by atoms with van der Waals surface area (Å²) in [6.07, 6.45) is 0.186. The van der Waals surface area contributed by atoms with Gasteiger partial charge in [0.05, 0.1) is 6.20 Å². The number of rotatable bonds is 9. The van der Waals surface area contributed by atoms with Crippen molar-refractivity contribution in [1.29, 1.82) is 0 Å². The summed E-state index contributed by atoms with van der Waals surface area (Å²) in [4.78, 5) is 26.1. The van der Waals surface area contributed by atoms with Crippen molar-refractivity contribution in [1.82, 2.24) is 19.3 Å². The molecule has 9 nitrogen and oxygen atoms in total. The first-order chi connectivity index (χ1) is 15.1. The number of carbonyl (C=O) groups is 1. The highest BCUT2D eigenvalue weighted by molar-refractivity contribution is 7.89. The maximum Gasteiger partial charge on any atom is 0.422 e. The third-order valence-electron chi connectivity index (χ3n) is 4.67. The van der Waals surface area contributed by atoms with Crippen molar-refractivity contribution < 1.29 is 31.1 Å². The standard InChI is InChI=1S/C19H22F3N5O4S/c20-19(21,22)14-31-16-3-5-18(25-12-16)26-8-10-27(11-9-26)32(29,30)13-15(28)2-4-17-23-6-1-7-24-17/h1,3,5-7,12H,2,4,8-11,13-14H2. The van der Waals surface area contributed by atoms with Crippen LogP contribution in [0.3, 0.4) is 0 Å². The minimum absolute atomic E-state index is 0.00768. The number of ketones is 1. The molecule has 1 saturated heterocycles. The number of halogens is 3. The SMILES string of the molecule is O=C(CCc1ncccn1)CS(=O)(=O)N1CCN(c2ccc(OCC(F)(F)F)cn2)CC1. The van der Waals surface area contributed by atoms with Crippen molar-refractivity contribution >= 4 is 21.6 Å². The van der Waals surface area contributed by atoms with E-state index in [0.29, 0.717) is 24.7 Å². The summed E-state index contributed by atoms with van der Waals surface area (Å²) in [6.45, 7) is -0.388. The molecule has 174 valence electrons. The van der Waals surface area contributed by atoms with Crippen LogP contribution in [0.5, 0.6) is 5.75 Å². The molecule has 0 amide bonds. The van der Waals surface area contributed by atoms with Gasteiger partial charge in [0.1, 0.15) is 28.9 Å². The molecule has 0 radical (unpaired) electrons. The van der Waals surface area contributed by atoms with Gasteiger partial charge in [-0.1, -0.05) is 0 Å². The van der Waals surface area contributed by atoms with E-state index in [4.69, 9.17) is 0 Å². The quantitative estimate of drug-likeness (QED) is 0.539. The maximum atomic E-state index is 12.6. The number of ether oxygens (including phenoxy) is 1. The van der Waals surface area contributed by atoms with Crippen LogP contribution in [0.1, 0.15) is 12.2 Å². The molecule has 0 spiro atoms. The number of alkyl halides is 3. The van der Waals surface area contributed by atoms with Crippen LogP contribution in [0.15, 0.2) is 36.8 Å². The fourth-order valence-electron chi connectivity index (χ4n) is 3.08. The molecule has 0 atom stereocenters. The van der Waals surface area contributed by atoms with Gasteiger partial charge in [-0.15, -0.1) is 0 Å². The smallest absolute Gasteiger partial charge is 0.422 e. The van der Waals surface area contributed by atoms with Gasteiger partial charge in [-0.25, -0.2) is 23.4 Å². The second kappa shape index (κ2) is 10.2. The van der Waals surface area contributed by atoms with E-state index in [1.165, 1.54) is 22.6 Å². The number of aryl methyl sites for hydroxylation is 1. The molecule has 0 saturated carbocycles. The summed E-state index contributed by atoms with van der Waals surface area (Å²) in [6, 6.07) is 4.55. The molecule has 32 heavy (non-hydrogen) atoms. The van der Waals surface area contributed by atoms with Gasteiger partial charge in [-0.3, -0.25) is 4.79 Å². The molecule has 0 aromatic carbocycles. The molecule has 0 aliphatic carbocycles. The van der Waals surface area contributed by atoms with Crippen molar-refractivity contribution in [2.75, 3.05) is 43.4 Å². The lowest BCUT2D eigenvalue weighted by Gasteiger charge is -2.34. The molecule has 3 rings (SSSR count). The lowest BCUT2D eigenvalue weighted by molar-refractivity contribution is -0.153. The Morgan fingerprint density at radius 3 is 2.34 bits per heavy atom. The van der Waals surface area contributed by atoms with Crippen LogP contribution in [0.2, 0.25) is 0 Å². The summed E-state index contributed by atoms with van der Waals surface area (Å²) in [5.74, 6) is -0.0132. The van der Waals surface area contributed by atoms with E-state index in [1.807, 2.05) is 4.90 Å².